The van der Waals surface area contributed by atoms with Crippen LogP contribution in [-0.4, -0.2) is 41.6 Å². The van der Waals surface area contributed by atoms with Crippen LogP contribution in [0.2, 0.25) is 5.02 Å². The number of methoxy groups -OCH3 is 2. The minimum atomic E-state index is -3.33. The molecule has 0 spiro atoms. The smallest absolute Gasteiger partial charge is 0.308 e. The van der Waals surface area contributed by atoms with E-state index in [-0.39, 0.29) is 18.9 Å². The number of aromatic nitrogens is 3. The number of benzene rings is 2. The van der Waals surface area contributed by atoms with Crippen molar-refractivity contribution in [1.82, 2.24) is 14.8 Å². The molecule has 2 atom stereocenters. The Kier molecular flexibility index (Phi) is 6.95. The van der Waals surface area contributed by atoms with Crippen LogP contribution in [0.15, 0.2) is 36.4 Å². The number of carbonyl (C=O) groups is 1. The van der Waals surface area contributed by atoms with Gasteiger partial charge in [0.2, 0.25) is 5.82 Å². The number of esters is 1. The Morgan fingerprint density at radius 3 is 2.60 bits per heavy atom. The van der Waals surface area contributed by atoms with Gasteiger partial charge in [-0.1, -0.05) is 23.7 Å². The monoisotopic (exact) mass is 507 g/mol. The molecule has 0 aliphatic carbocycles. The molecule has 0 radical (unpaired) electrons. The van der Waals surface area contributed by atoms with Crippen molar-refractivity contribution in [3.8, 4) is 17.2 Å². The number of hydrogen-bond donors (Lipinski definition) is 0. The van der Waals surface area contributed by atoms with E-state index in [1.165, 1.54) is 18.8 Å². The summed E-state index contributed by atoms with van der Waals surface area (Å²) in [4.78, 5) is 12.5. The van der Waals surface area contributed by atoms with Crippen LogP contribution in [0, 0.1) is 0 Å². The zero-order valence-electron chi connectivity index (χ0n) is 19.5. The summed E-state index contributed by atoms with van der Waals surface area (Å²) in [5.74, 6) is -3.61. The van der Waals surface area contributed by atoms with Crippen LogP contribution in [0.5, 0.6) is 11.5 Å². The summed E-state index contributed by atoms with van der Waals surface area (Å²) in [6.45, 7) is 2.56. The number of carbonyl (C=O) groups excluding carboxylic acids is 1. The summed E-state index contributed by atoms with van der Waals surface area (Å²) in [5, 5.41) is 8.13. The van der Waals surface area contributed by atoms with Crippen molar-refractivity contribution in [1.29, 1.82) is 0 Å². The molecule has 0 unspecified atom stereocenters. The zero-order chi connectivity index (χ0) is 25.3. The Morgan fingerprint density at radius 1 is 1.17 bits per heavy atom. The first-order valence-electron chi connectivity index (χ1n) is 10.8. The summed E-state index contributed by atoms with van der Waals surface area (Å²) >= 11 is 6.33. The highest BCUT2D eigenvalue weighted by atomic mass is 35.5. The van der Waals surface area contributed by atoms with Crippen LogP contribution in [-0.2, 0) is 20.2 Å². The fourth-order valence-corrected chi connectivity index (χ4v) is 4.31. The molecule has 2 aromatic carbocycles. The highest BCUT2D eigenvalue weighted by Gasteiger charge is 2.41. The number of fused-ring (bicyclic) bond motifs is 3. The van der Waals surface area contributed by atoms with E-state index in [9.17, 15) is 13.6 Å². The van der Waals surface area contributed by atoms with E-state index in [4.69, 9.17) is 30.5 Å². The molecule has 1 aromatic heterocycles. The van der Waals surface area contributed by atoms with E-state index in [1.807, 2.05) is 0 Å². The topological polar surface area (TPSA) is 84.7 Å². The second-order valence-corrected chi connectivity index (χ2v) is 8.34. The van der Waals surface area contributed by atoms with E-state index >= 15 is 0 Å². The molecule has 0 bridgehead atoms. The van der Waals surface area contributed by atoms with Gasteiger partial charge in [-0.05, 0) is 31.2 Å². The van der Waals surface area contributed by atoms with Crippen LogP contribution in [0.25, 0.3) is 5.69 Å². The first kappa shape index (κ1) is 24.9. The van der Waals surface area contributed by atoms with Crippen LogP contribution in [0.3, 0.4) is 0 Å². The molecule has 1 aliphatic heterocycles. The molecule has 3 aromatic rings. The van der Waals surface area contributed by atoms with Gasteiger partial charge in [-0.3, -0.25) is 9.36 Å². The summed E-state index contributed by atoms with van der Waals surface area (Å²) < 4.78 is 53.0. The Balaban J connectivity index is 2.00. The van der Waals surface area contributed by atoms with Gasteiger partial charge in [0.05, 0.1) is 32.9 Å². The Labute approximate surface area is 205 Å². The molecule has 0 fully saturated rings. The van der Waals surface area contributed by atoms with Gasteiger partial charge < -0.3 is 18.9 Å². The largest absolute Gasteiger partial charge is 0.493 e. The number of ether oxygens (including phenoxy) is 4. The molecule has 186 valence electrons. The molecular formula is C24H24ClF2N3O5. The second-order valence-electron chi connectivity index (χ2n) is 7.91. The minimum absolute atomic E-state index is 0.0440. The molecule has 1 aliphatic rings. The molecule has 11 heteroatoms. The van der Waals surface area contributed by atoms with Crippen molar-refractivity contribution < 1.29 is 32.5 Å². The highest BCUT2D eigenvalue weighted by Crippen LogP contribution is 2.47. The number of nitrogens with zero attached hydrogens (tertiary/aromatic N) is 3. The molecule has 8 nitrogen and oxygen atoms in total. The van der Waals surface area contributed by atoms with E-state index in [0.717, 1.165) is 6.92 Å². The van der Waals surface area contributed by atoms with Gasteiger partial charge in [0.1, 0.15) is 12.2 Å². The average molecular weight is 508 g/mol. The number of rotatable bonds is 7. The van der Waals surface area contributed by atoms with Gasteiger partial charge in [-0.15, -0.1) is 10.2 Å². The molecule has 0 N–H and O–H groups in total. The van der Waals surface area contributed by atoms with Crippen LogP contribution in [0.4, 0.5) is 8.78 Å². The van der Waals surface area contributed by atoms with Crippen molar-refractivity contribution in [2.24, 2.45) is 0 Å². The number of para-hydroxylation sites is 1. The normalized spacial score (nSPS) is 17.2. The second kappa shape index (κ2) is 9.79. The van der Waals surface area contributed by atoms with Crippen LogP contribution < -0.4 is 9.47 Å². The number of hydrogen-bond acceptors (Lipinski definition) is 7. The van der Waals surface area contributed by atoms with E-state index in [0.29, 0.717) is 33.3 Å². The van der Waals surface area contributed by atoms with E-state index in [2.05, 4.69) is 10.2 Å². The third kappa shape index (κ3) is 4.68. The molecule has 35 heavy (non-hydrogen) atoms. The van der Waals surface area contributed by atoms with Crippen LogP contribution >= 0.6 is 11.6 Å². The maximum Gasteiger partial charge on any atom is 0.308 e. The minimum Gasteiger partial charge on any atom is -0.493 e. The number of halogens is 3. The highest BCUT2D eigenvalue weighted by molar-refractivity contribution is 6.30. The lowest BCUT2D eigenvalue weighted by Gasteiger charge is -2.24. The maximum atomic E-state index is 14.6. The molecule has 2 heterocycles. The Bertz CT molecular complexity index is 1240. The third-order valence-corrected chi connectivity index (χ3v) is 5.79. The lowest BCUT2D eigenvalue weighted by molar-refractivity contribution is -0.147. The zero-order valence-corrected chi connectivity index (χ0v) is 20.3. The lowest BCUT2D eigenvalue weighted by atomic mass is 9.98. The Morgan fingerprint density at radius 2 is 1.94 bits per heavy atom. The predicted octanol–water partition coefficient (Wildman–Crippen LogP) is 5.16. The summed E-state index contributed by atoms with van der Waals surface area (Å²) in [7, 11) is 2.98. The fraction of sp³-hybridized carbons (Fsp3) is 0.375. The van der Waals surface area contributed by atoms with Gasteiger partial charge in [0.25, 0.3) is 0 Å². The molecular weight excluding hydrogens is 484 g/mol. The van der Waals surface area contributed by atoms with E-state index in [1.54, 1.807) is 43.3 Å². The van der Waals surface area contributed by atoms with Crippen molar-refractivity contribution in [2.75, 3.05) is 20.8 Å². The molecule has 0 saturated heterocycles. The molecule has 0 saturated carbocycles. The summed E-state index contributed by atoms with van der Waals surface area (Å²) in [6, 6.07) is 10.0. The average Bonchev–Trinajstić information content (AvgIpc) is 3.22. The number of alkyl halides is 2. The lowest BCUT2D eigenvalue weighted by Crippen LogP contribution is -2.19. The van der Waals surface area contributed by atoms with Gasteiger partial charge in [-0.25, -0.2) is 0 Å². The summed E-state index contributed by atoms with van der Waals surface area (Å²) in [6.07, 6.45) is -2.22. The van der Waals surface area contributed by atoms with Gasteiger partial charge >= 0.3 is 11.9 Å². The van der Waals surface area contributed by atoms with Gasteiger partial charge in [0, 0.05) is 23.1 Å². The fourth-order valence-electron chi connectivity index (χ4n) is 4.13. The first-order chi connectivity index (χ1) is 16.7. The standard InChI is InChI=1S/C24H24ClF2N3O5/c1-5-34-19(31)12-18-22-28-29-23(24(2,26)27)30(22)16-10-9-13(25)11-15(16)20(35-18)14-7-6-8-17(32-3)21(14)33-4/h6-11,18,20H,5,12H2,1-4H3/t18-,20-/m1/s1. The predicted molar refractivity (Wildman–Crippen MR) is 122 cm³/mol. The molecule has 4 rings (SSSR count). The van der Waals surface area contributed by atoms with E-state index < -0.39 is 29.9 Å². The van der Waals surface area contributed by atoms with Gasteiger partial charge in [-0.2, -0.15) is 8.78 Å². The van der Waals surface area contributed by atoms with Crippen LogP contribution in [0.1, 0.15) is 55.3 Å². The maximum absolute atomic E-state index is 14.6. The molecule has 0 amide bonds. The van der Waals surface area contributed by atoms with Crippen molar-refractivity contribution in [3.05, 3.63) is 64.2 Å². The van der Waals surface area contributed by atoms with Crippen molar-refractivity contribution in [2.45, 2.75) is 38.4 Å². The summed E-state index contributed by atoms with van der Waals surface area (Å²) in [5.41, 5.74) is 1.35. The SMILES string of the molecule is CCOC(=O)C[C@H]1O[C@H](c2cccc(OC)c2OC)c2cc(Cl)ccc2-n2c1nnc2C(C)(F)F. The van der Waals surface area contributed by atoms with Gasteiger partial charge in [0.15, 0.2) is 17.3 Å². The Hall–Kier alpha value is -3.24. The quantitative estimate of drug-likeness (QED) is 0.408. The first-order valence-corrected chi connectivity index (χ1v) is 11.2. The third-order valence-electron chi connectivity index (χ3n) is 5.56. The van der Waals surface area contributed by atoms with Crippen molar-refractivity contribution in [3.63, 3.8) is 0 Å². The van der Waals surface area contributed by atoms with Crippen molar-refractivity contribution >= 4 is 17.6 Å².